The average molecular weight is 277 g/mol. The minimum Gasteiger partial charge on any atom is -0.468 e. The van der Waals surface area contributed by atoms with Gasteiger partial charge in [-0.1, -0.05) is 0 Å². The van der Waals surface area contributed by atoms with Crippen molar-refractivity contribution in [1.82, 2.24) is 30.2 Å². The molecule has 0 unspecified atom stereocenters. The van der Waals surface area contributed by atoms with E-state index in [0.717, 1.165) is 11.8 Å². The lowest BCUT2D eigenvalue weighted by Gasteiger charge is -2.02. The van der Waals surface area contributed by atoms with E-state index in [1.54, 1.807) is 0 Å². The number of nitriles is 1. The average Bonchev–Trinajstić information content (AvgIpc) is 2.86. The van der Waals surface area contributed by atoms with E-state index in [2.05, 4.69) is 30.2 Å². The lowest BCUT2D eigenvalue weighted by molar-refractivity contribution is -0.141. The van der Waals surface area contributed by atoms with Gasteiger partial charge >= 0.3 is 5.97 Å². The van der Waals surface area contributed by atoms with Crippen LogP contribution in [0.25, 0.3) is 0 Å². The number of esters is 1. The second-order valence-electron chi connectivity index (χ2n) is 3.12. The molecule has 0 aromatic carbocycles. The van der Waals surface area contributed by atoms with Crippen molar-refractivity contribution < 1.29 is 9.53 Å². The maximum atomic E-state index is 11.2. The highest BCUT2D eigenvalue weighted by molar-refractivity contribution is 7.99. The molecular weight excluding hydrogens is 270 g/mol. The lowest BCUT2D eigenvalue weighted by Crippen LogP contribution is -2.13. The Balaban J connectivity index is 2.22. The van der Waals surface area contributed by atoms with E-state index in [4.69, 9.17) is 5.26 Å². The van der Waals surface area contributed by atoms with E-state index in [1.807, 2.05) is 6.07 Å². The molecule has 0 N–H and O–H groups in total. The van der Waals surface area contributed by atoms with Crippen molar-refractivity contribution in [2.45, 2.75) is 16.7 Å². The molecule has 96 valence electrons. The Hall–Kier alpha value is -2.54. The van der Waals surface area contributed by atoms with E-state index in [1.165, 1.54) is 24.2 Å². The zero-order valence-corrected chi connectivity index (χ0v) is 10.5. The van der Waals surface area contributed by atoms with Gasteiger partial charge in [0.15, 0.2) is 5.69 Å². The summed E-state index contributed by atoms with van der Waals surface area (Å²) in [4.78, 5) is 19.1. The summed E-state index contributed by atoms with van der Waals surface area (Å²) in [5, 5.41) is 20.5. The molecule has 19 heavy (non-hydrogen) atoms. The molecule has 10 heteroatoms. The summed E-state index contributed by atoms with van der Waals surface area (Å²) in [7, 11) is 1.27. The number of hydrogen-bond acceptors (Lipinski definition) is 9. The molecule has 0 radical (unpaired) electrons. The summed E-state index contributed by atoms with van der Waals surface area (Å²) in [6.07, 6.45) is 2.87. The highest BCUT2D eigenvalue weighted by Gasteiger charge is 2.15. The monoisotopic (exact) mass is 277 g/mol. The van der Waals surface area contributed by atoms with E-state index in [-0.39, 0.29) is 12.2 Å². The highest BCUT2D eigenvalue weighted by atomic mass is 32.2. The first-order valence-corrected chi connectivity index (χ1v) is 5.78. The number of hydrogen-bond donors (Lipinski definition) is 0. The SMILES string of the molecule is COC(=O)Cn1nnnc1Sc1nccnc1C#N. The van der Waals surface area contributed by atoms with Crippen LogP contribution in [0.4, 0.5) is 0 Å². The van der Waals surface area contributed by atoms with Gasteiger partial charge in [0.2, 0.25) is 5.16 Å². The normalized spacial score (nSPS) is 9.89. The fourth-order valence-electron chi connectivity index (χ4n) is 1.12. The third kappa shape index (κ3) is 3.02. The number of ether oxygens (including phenoxy) is 1. The van der Waals surface area contributed by atoms with E-state index in [9.17, 15) is 4.79 Å². The van der Waals surface area contributed by atoms with Gasteiger partial charge in [0, 0.05) is 12.4 Å². The van der Waals surface area contributed by atoms with Crippen molar-refractivity contribution in [3.05, 3.63) is 18.1 Å². The minimum absolute atomic E-state index is 0.117. The van der Waals surface area contributed by atoms with Crippen molar-refractivity contribution in [3.63, 3.8) is 0 Å². The number of tetrazole rings is 1. The second kappa shape index (κ2) is 5.87. The molecule has 0 aliphatic carbocycles. The zero-order valence-electron chi connectivity index (χ0n) is 9.72. The number of aromatic nitrogens is 6. The maximum Gasteiger partial charge on any atom is 0.327 e. The summed E-state index contributed by atoms with van der Waals surface area (Å²) in [5.41, 5.74) is 0.167. The van der Waals surface area contributed by atoms with Gasteiger partial charge in [-0.05, 0) is 22.2 Å². The van der Waals surface area contributed by atoms with Crippen LogP contribution in [0.3, 0.4) is 0 Å². The predicted molar refractivity (Wildman–Crippen MR) is 60.7 cm³/mol. The molecule has 0 saturated carbocycles. The highest BCUT2D eigenvalue weighted by Crippen LogP contribution is 2.24. The first kappa shape index (κ1) is 12.9. The molecule has 0 amide bonds. The fraction of sp³-hybridized carbons (Fsp3) is 0.222. The second-order valence-corrected chi connectivity index (χ2v) is 4.08. The van der Waals surface area contributed by atoms with Crippen molar-refractivity contribution in [2.75, 3.05) is 7.11 Å². The maximum absolute atomic E-state index is 11.2. The van der Waals surface area contributed by atoms with Gasteiger partial charge < -0.3 is 4.74 Å². The third-order valence-corrected chi connectivity index (χ3v) is 2.93. The largest absolute Gasteiger partial charge is 0.468 e. The Morgan fingerprint density at radius 2 is 2.32 bits per heavy atom. The number of nitrogens with zero attached hydrogens (tertiary/aromatic N) is 7. The summed E-state index contributed by atoms with van der Waals surface area (Å²) in [6.45, 7) is -0.117. The van der Waals surface area contributed by atoms with Crippen LogP contribution in [0.2, 0.25) is 0 Å². The Labute approximate surface area is 111 Å². The topological polar surface area (TPSA) is 119 Å². The van der Waals surface area contributed by atoms with Gasteiger partial charge in [0.25, 0.3) is 0 Å². The Bertz CT molecular complexity index is 635. The summed E-state index contributed by atoms with van der Waals surface area (Å²) in [6, 6.07) is 1.92. The minimum atomic E-state index is -0.478. The van der Waals surface area contributed by atoms with E-state index >= 15 is 0 Å². The van der Waals surface area contributed by atoms with Crippen molar-refractivity contribution in [2.24, 2.45) is 0 Å². The van der Waals surface area contributed by atoms with Gasteiger partial charge in [-0.25, -0.2) is 14.6 Å². The van der Waals surface area contributed by atoms with Crippen LogP contribution in [-0.4, -0.2) is 43.3 Å². The van der Waals surface area contributed by atoms with Crippen LogP contribution in [0, 0.1) is 11.3 Å². The molecule has 2 aromatic heterocycles. The van der Waals surface area contributed by atoms with Crippen LogP contribution in [0.5, 0.6) is 0 Å². The van der Waals surface area contributed by atoms with Crippen LogP contribution in [-0.2, 0) is 16.1 Å². The van der Waals surface area contributed by atoms with Crippen molar-refractivity contribution >= 4 is 17.7 Å². The number of carbonyl (C=O) groups is 1. The van der Waals surface area contributed by atoms with Crippen LogP contribution >= 0.6 is 11.8 Å². The number of rotatable bonds is 4. The van der Waals surface area contributed by atoms with Crippen LogP contribution in [0.15, 0.2) is 22.6 Å². The van der Waals surface area contributed by atoms with Crippen molar-refractivity contribution in [1.29, 1.82) is 5.26 Å². The fourth-order valence-corrected chi connectivity index (χ4v) is 1.88. The van der Waals surface area contributed by atoms with E-state index in [0.29, 0.717) is 10.2 Å². The Morgan fingerprint density at radius 1 is 1.53 bits per heavy atom. The van der Waals surface area contributed by atoms with Gasteiger partial charge in [-0.3, -0.25) is 4.79 Å². The van der Waals surface area contributed by atoms with Crippen LogP contribution in [0.1, 0.15) is 5.69 Å². The standard InChI is InChI=1S/C9H7N7O2S/c1-18-7(17)5-16-9(13-14-15-16)19-8-6(4-10)11-2-3-12-8/h2-3H,5H2,1H3. The van der Waals surface area contributed by atoms with Gasteiger partial charge in [0.05, 0.1) is 7.11 Å². The first-order valence-electron chi connectivity index (χ1n) is 4.96. The Morgan fingerprint density at radius 3 is 3.05 bits per heavy atom. The van der Waals surface area contributed by atoms with E-state index < -0.39 is 5.97 Å². The molecule has 2 heterocycles. The molecule has 0 atom stereocenters. The lowest BCUT2D eigenvalue weighted by atomic mass is 10.5. The molecule has 9 nitrogen and oxygen atoms in total. The Kier molecular flexibility index (Phi) is 3.99. The molecule has 0 spiro atoms. The smallest absolute Gasteiger partial charge is 0.327 e. The molecule has 0 bridgehead atoms. The number of methoxy groups -OCH3 is 1. The molecule has 0 fully saturated rings. The molecule has 0 saturated heterocycles. The summed E-state index contributed by atoms with van der Waals surface area (Å²) >= 11 is 1.05. The van der Waals surface area contributed by atoms with Crippen LogP contribution < -0.4 is 0 Å². The molecule has 0 aliphatic rings. The molecular formula is C9H7N7O2S. The van der Waals surface area contributed by atoms with Gasteiger partial charge in [-0.2, -0.15) is 5.26 Å². The predicted octanol–water partition coefficient (Wildman–Crippen LogP) is -0.341. The molecule has 2 rings (SSSR count). The third-order valence-electron chi connectivity index (χ3n) is 1.96. The summed E-state index contributed by atoms with van der Waals surface area (Å²) < 4.78 is 5.79. The summed E-state index contributed by atoms with van der Waals surface area (Å²) in [5.74, 6) is -0.478. The molecule has 2 aromatic rings. The van der Waals surface area contributed by atoms with Gasteiger partial charge in [0.1, 0.15) is 17.6 Å². The first-order chi connectivity index (χ1) is 9.24. The number of carbonyl (C=O) groups excluding carboxylic acids is 1. The van der Waals surface area contributed by atoms with Crippen molar-refractivity contribution in [3.8, 4) is 6.07 Å². The zero-order chi connectivity index (χ0) is 13.7. The molecule has 0 aliphatic heterocycles. The van der Waals surface area contributed by atoms with Gasteiger partial charge in [-0.15, -0.1) is 5.10 Å². The quantitative estimate of drug-likeness (QED) is 0.691.